The number of nitrogens with zero attached hydrogens (tertiary/aromatic N) is 1. The number of para-hydroxylation sites is 1. The lowest BCUT2D eigenvalue weighted by Crippen LogP contribution is -2.33. The van der Waals surface area contributed by atoms with E-state index in [4.69, 9.17) is 9.47 Å². The summed E-state index contributed by atoms with van der Waals surface area (Å²) in [6.07, 6.45) is 0. The number of benzene rings is 3. The van der Waals surface area contributed by atoms with Crippen LogP contribution in [0.3, 0.4) is 0 Å². The van der Waals surface area contributed by atoms with E-state index in [1.165, 1.54) is 7.11 Å². The van der Waals surface area contributed by atoms with E-state index in [9.17, 15) is 14.4 Å². The quantitative estimate of drug-likeness (QED) is 0.205. The average Bonchev–Trinajstić information content (AvgIpc) is 2.83. The van der Waals surface area contributed by atoms with Gasteiger partial charge in [-0.1, -0.05) is 30.3 Å². The highest BCUT2D eigenvalue weighted by atomic mass is 16.5. The second-order valence-electron chi connectivity index (χ2n) is 6.57. The van der Waals surface area contributed by atoms with Crippen LogP contribution < -0.4 is 20.2 Å². The minimum absolute atomic E-state index is 0.277. The van der Waals surface area contributed by atoms with Gasteiger partial charge in [-0.2, -0.15) is 5.10 Å². The number of nitrogens with one attached hydrogen (secondary N) is 2. The summed E-state index contributed by atoms with van der Waals surface area (Å²) in [5, 5.41) is 6.44. The van der Waals surface area contributed by atoms with Gasteiger partial charge in [0.15, 0.2) is 0 Å². The summed E-state index contributed by atoms with van der Waals surface area (Å²) in [4.78, 5) is 36.6. The largest absolute Gasteiger partial charge is 0.497 e. The van der Waals surface area contributed by atoms with E-state index in [0.717, 1.165) is 0 Å². The number of carbonyl (C=O) groups excluding carboxylic acids is 3. The van der Waals surface area contributed by atoms with Crippen LogP contribution in [0, 0.1) is 0 Å². The van der Waals surface area contributed by atoms with Crippen LogP contribution in [0.25, 0.3) is 0 Å². The first kappa shape index (κ1) is 22.2. The molecule has 0 radical (unpaired) electrons. The van der Waals surface area contributed by atoms with Gasteiger partial charge in [0.2, 0.25) is 0 Å². The van der Waals surface area contributed by atoms with E-state index in [1.807, 2.05) is 0 Å². The molecule has 8 nitrogen and oxygen atoms in total. The summed E-state index contributed by atoms with van der Waals surface area (Å²) in [6, 6.07) is 21.9. The molecule has 3 aromatic carbocycles. The van der Waals surface area contributed by atoms with Crippen molar-refractivity contribution in [2.75, 3.05) is 12.4 Å². The Hall–Kier alpha value is -4.46. The Morgan fingerprint density at radius 2 is 1.47 bits per heavy atom. The van der Waals surface area contributed by atoms with Crippen molar-refractivity contribution in [3.05, 3.63) is 90.0 Å². The summed E-state index contributed by atoms with van der Waals surface area (Å²) < 4.78 is 10.5. The first-order valence-electron chi connectivity index (χ1n) is 9.64. The summed E-state index contributed by atoms with van der Waals surface area (Å²) >= 11 is 0. The molecule has 3 aromatic rings. The Labute approximate surface area is 184 Å². The van der Waals surface area contributed by atoms with E-state index in [0.29, 0.717) is 28.3 Å². The van der Waals surface area contributed by atoms with Crippen molar-refractivity contribution in [2.24, 2.45) is 5.10 Å². The summed E-state index contributed by atoms with van der Waals surface area (Å²) in [5.74, 6) is -1.44. The van der Waals surface area contributed by atoms with Crippen LogP contribution in [0.15, 0.2) is 84.0 Å². The van der Waals surface area contributed by atoms with Crippen LogP contribution in [-0.2, 0) is 9.59 Å². The van der Waals surface area contributed by atoms with Gasteiger partial charge in [0.1, 0.15) is 11.5 Å². The lowest BCUT2D eigenvalue weighted by molar-refractivity contribution is -0.136. The van der Waals surface area contributed by atoms with Crippen LogP contribution in [0.4, 0.5) is 5.69 Å². The number of anilines is 1. The van der Waals surface area contributed by atoms with Crippen molar-refractivity contribution in [1.29, 1.82) is 0 Å². The molecular formula is C24H21N3O5. The zero-order valence-electron chi connectivity index (χ0n) is 17.5. The van der Waals surface area contributed by atoms with E-state index in [2.05, 4.69) is 15.8 Å². The van der Waals surface area contributed by atoms with Gasteiger partial charge in [0.05, 0.1) is 18.4 Å². The number of carbonyl (C=O) groups is 3. The van der Waals surface area contributed by atoms with Crippen LogP contribution in [-0.4, -0.2) is 30.6 Å². The van der Waals surface area contributed by atoms with Crippen LogP contribution >= 0.6 is 0 Å². The fourth-order valence-corrected chi connectivity index (χ4v) is 2.70. The third kappa shape index (κ3) is 5.79. The van der Waals surface area contributed by atoms with E-state index >= 15 is 0 Å². The predicted molar refractivity (Wildman–Crippen MR) is 120 cm³/mol. The second kappa shape index (κ2) is 10.5. The van der Waals surface area contributed by atoms with Crippen molar-refractivity contribution >= 4 is 29.2 Å². The molecule has 2 amide bonds. The van der Waals surface area contributed by atoms with Crippen LogP contribution in [0.5, 0.6) is 11.5 Å². The third-order valence-corrected chi connectivity index (χ3v) is 4.37. The Kier molecular flexibility index (Phi) is 7.32. The van der Waals surface area contributed by atoms with Crippen LogP contribution in [0.1, 0.15) is 22.8 Å². The summed E-state index contributed by atoms with van der Waals surface area (Å²) in [5.41, 5.74) is 3.89. The van der Waals surface area contributed by atoms with Crippen molar-refractivity contribution in [1.82, 2.24) is 5.43 Å². The Morgan fingerprint density at radius 1 is 0.812 bits per heavy atom. The molecule has 0 saturated carbocycles. The number of hydrogen-bond acceptors (Lipinski definition) is 6. The zero-order chi connectivity index (χ0) is 22.9. The second-order valence-corrected chi connectivity index (χ2v) is 6.57. The monoisotopic (exact) mass is 431 g/mol. The van der Waals surface area contributed by atoms with Crippen molar-refractivity contribution < 1.29 is 23.9 Å². The highest BCUT2D eigenvalue weighted by molar-refractivity contribution is 6.39. The molecule has 3 rings (SSSR count). The Morgan fingerprint density at radius 3 is 2.16 bits per heavy atom. The van der Waals surface area contributed by atoms with Gasteiger partial charge < -0.3 is 14.8 Å². The smallest absolute Gasteiger partial charge is 0.343 e. The van der Waals surface area contributed by atoms with E-state index in [1.54, 1.807) is 85.8 Å². The van der Waals surface area contributed by atoms with Gasteiger partial charge in [-0.25, -0.2) is 10.2 Å². The maximum absolute atomic E-state index is 12.4. The fraction of sp³-hybridized carbons (Fsp3) is 0.0833. The molecule has 0 aliphatic heterocycles. The molecule has 8 heteroatoms. The number of hydrogen-bond donors (Lipinski definition) is 2. The van der Waals surface area contributed by atoms with Gasteiger partial charge >= 0.3 is 17.8 Å². The highest BCUT2D eigenvalue weighted by Crippen LogP contribution is 2.20. The highest BCUT2D eigenvalue weighted by Gasteiger charge is 2.15. The van der Waals surface area contributed by atoms with Gasteiger partial charge in [-0.3, -0.25) is 9.59 Å². The van der Waals surface area contributed by atoms with Crippen molar-refractivity contribution in [3.8, 4) is 11.5 Å². The standard InChI is InChI=1S/C24H21N3O5/c1-16(26-27-23(29)22(28)25-18-12-14-19(31-2)15-13-18)20-10-6-7-11-21(20)32-24(30)17-8-4-3-5-9-17/h3-15H,1-2H3,(H,25,28)(H,27,29)/b26-16+. The molecule has 0 atom stereocenters. The number of methoxy groups -OCH3 is 1. The molecule has 0 aliphatic carbocycles. The van der Waals surface area contributed by atoms with Gasteiger partial charge in [0, 0.05) is 11.3 Å². The first-order chi connectivity index (χ1) is 15.5. The molecule has 0 spiro atoms. The number of esters is 1. The summed E-state index contributed by atoms with van der Waals surface area (Å²) in [7, 11) is 1.53. The Bertz CT molecular complexity index is 1140. The average molecular weight is 431 g/mol. The predicted octanol–water partition coefficient (Wildman–Crippen LogP) is 3.39. The SMILES string of the molecule is COc1ccc(NC(=O)C(=O)N/N=C(\C)c2ccccc2OC(=O)c2ccccc2)cc1. The maximum Gasteiger partial charge on any atom is 0.343 e. The fourth-order valence-electron chi connectivity index (χ4n) is 2.70. The minimum Gasteiger partial charge on any atom is -0.497 e. The molecule has 0 unspecified atom stereocenters. The lowest BCUT2D eigenvalue weighted by atomic mass is 10.1. The van der Waals surface area contributed by atoms with Crippen molar-refractivity contribution in [2.45, 2.75) is 6.92 Å². The molecule has 32 heavy (non-hydrogen) atoms. The first-order valence-corrected chi connectivity index (χ1v) is 9.64. The normalized spacial score (nSPS) is 10.8. The Balaban J connectivity index is 1.65. The van der Waals surface area contributed by atoms with Gasteiger partial charge in [0.25, 0.3) is 0 Å². The van der Waals surface area contributed by atoms with Gasteiger partial charge in [-0.15, -0.1) is 0 Å². The molecule has 162 valence electrons. The van der Waals surface area contributed by atoms with E-state index < -0.39 is 17.8 Å². The van der Waals surface area contributed by atoms with Gasteiger partial charge in [-0.05, 0) is 55.5 Å². The minimum atomic E-state index is -0.945. The number of rotatable bonds is 6. The van der Waals surface area contributed by atoms with E-state index in [-0.39, 0.29) is 5.75 Å². The summed E-state index contributed by atoms with van der Waals surface area (Å²) in [6.45, 7) is 1.62. The third-order valence-electron chi connectivity index (χ3n) is 4.37. The molecule has 0 aromatic heterocycles. The molecule has 0 aliphatic rings. The number of hydrazone groups is 1. The maximum atomic E-state index is 12.4. The molecule has 2 N–H and O–H groups in total. The molecule has 0 saturated heterocycles. The lowest BCUT2D eigenvalue weighted by Gasteiger charge is -2.10. The molecular weight excluding hydrogens is 410 g/mol. The molecule has 0 fully saturated rings. The molecule has 0 bridgehead atoms. The van der Waals surface area contributed by atoms with Crippen molar-refractivity contribution in [3.63, 3.8) is 0 Å². The topological polar surface area (TPSA) is 106 Å². The number of ether oxygens (including phenoxy) is 2. The number of amides is 2. The zero-order valence-corrected chi connectivity index (χ0v) is 17.5. The molecule has 0 heterocycles. The van der Waals surface area contributed by atoms with Crippen LogP contribution in [0.2, 0.25) is 0 Å².